The number of carbonyl (C=O) groups excluding carboxylic acids is 1. The van der Waals surface area contributed by atoms with Crippen LogP contribution in [-0.2, 0) is 0 Å². The molecule has 0 saturated heterocycles. The maximum Gasteiger partial charge on any atom is 0.193 e. The molecular formula is C23H14Cl2O. The molecule has 1 atom stereocenters. The van der Waals surface area contributed by atoms with Crippen molar-refractivity contribution in [1.29, 1.82) is 0 Å². The van der Waals surface area contributed by atoms with Crippen LogP contribution in [0.5, 0.6) is 0 Å². The molecule has 0 heterocycles. The maximum absolute atomic E-state index is 12.9. The Morgan fingerprint density at radius 1 is 0.846 bits per heavy atom. The van der Waals surface area contributed by atoms with Crippen molar-refractivity contribution in [2.75, 3.05) is 0 Å². The summed E-state index contributed by atoms with van der Waals surface area (Å²) in [5, 5.41) is 0.962. The molecule has 1 aliphatic rings. The van der Waals surface area contributed by atoms with Crippen molar-refractivity contribution in [3.8, 4) is 12.3 Å². The summed E-state index contributed by atoms with van der Waals surface area (Å²) in [6.45, 7) is 0. The second-order valence-corrected chi connectivity index (χ2v) is 7.11. The van der Waals surface area contributed by atoms with Gasteiger partial charge in [-0.2, -0.15) is 0 Å². The molecule has 4 rings (SSSR count). The quantitative estimate of drug-likeness (QED) is 0.494. The normalized spacial score (nSPS) is 14.3. The van der Waals surface area contributed by atoms with E-state index >= 15 is 0 Å². The first-order chi connectivity index (χ1) is 12.6. The lowest BCUT2D eigenvalue weighted by Gasteiger charge is -2.31. The lowest BCUT2D eigenvalue weighted by molar-refractivity contribution is 0.103. The van der Waals surface area contributed by atoms with Crippen molar-refractivity contribution >= 4 is 29.0 Å². The van der Waals surface area contributed by atoms with Gasteiger partial charge in [-0.1, -0.05) is 83.7 Å². The molecule has 0 radical (unpaired) electrons. The second kappa shape index (κ2) is 6.65. The molecule has 3 aromatic carbocycles. The van der Waals surface area contributed by atoms with Crippen LogP contribution in [0.3, 0.4) is 0 Å². The topological polar surface area (TPSA) is 17.1 Å². The van der Waals surface area contributed by atoms with E-state index in [1.807, 2.05) is 60.7 Å². The highest BCUT2D eigenvalue weighted by molar-refractivity contribution is 6.42. The van der Waals surface area contributed by atoms with Gasteiger partial charge >= 0.3 is 0 Å². The maximum atomic E-state index is 12.9. The molecule has 0 bridgehead atoms. The largest absolute Gasteiger partial charge is 0.289 e. The van der Waals surface area contributed by atoms with E-state index in [0.29, 0.717) is 21.2 Å². The van der Waals surface area contributed by atoms with Crippen LogP contribution in [0.15, 0.2) is 66.7 Å². The number of terminal acetylenes is 1. The molecule has 0 aromatic heterocycles. The summed E-state index contributed by atoms with van der Waals surface area (Å²) in [6.07, 6.45) is 5.96. The SMILES string of the molecule is C#C[C@@H](c1ccc(Cl)c(Cl)c1)C1c2ccccc2C(=O)c2ccccc21. The third-order valence-corrected chi connectivity index (χ3v) is 5.64. The van der Waals surface area contributed by atoms with Gasteiger partial charge in [0, 0.05) is 17.0 Å². The molecule has 0 spiro atoms. The van der Waals surface area contributed by atoms with Gasteiger partial charge in [-0.05, 0) is 28.8 Å². The van der Waals surface area contributed by atoms with Gasteiger partial charge in [-0.3, -0.25) is 4.79 Å². The summed E-state index contributed by atoms with van der Waals surface area (Å²) < 4.78 is 0. The van der Waals surface area contributed by atoms with Crippen LogP contribution in [0.1, 0.15) is 44.4 Å². The van der Waals surface area contributed by atoms with E-state index in [1.54, 1.807) is 6.07 Å². The monoisotopic (exact) mass is 376 g/mol. The first kappa shape index (κ1) is 16.9. The summed E-state index contributed by atoms with van der Waals surface area (Å²) in [5.74, 6) is 2.57. The highest BCUT2D eigenvalue weighted by atomic mass is 35.5. The van der Waals surface area contributed by atoms with Crippen molar-refractivity contribution < 1.29 is 4.79 Å². The van der Waals surface area contributed by atoms with E-state index in [9.17, 15) is 4.79 Å². The lowest BCUT2D eigenvalue weighted by atomic mass is 9.70. The smallest absolute Gasteiger partial charge is 0.193 e. The number of ketones is 1. The van der Waals surface area contributed by atoms with E-state index in [2.05, 4.69) is 5.92 Å². The summed E-state index contributed by atoms with van der Waals surface area (Å²) >= 11 is 12.3. The Labute approximate surface area is 162 Å². The third kappa shape index (κ3) is 2.63. The van der Waals surface area contributed by atoms with Crippen molar-refractivity contribution in [1.82, 2.24) is 0 Å². The van der Waals surface area contributed by atoms with Crippen LogP contribution in [0, 0.1) is 12.3 Å². The number of rotatable bonds is 2. The van der Waals surface area contributed by atoms with Crippen LogP contribution >= 0.6 is 23.2 Å². The standard InChI is InChI=1S/C23H14Cl2O/c1-2-15(14-11-12-20(24)21(25)13-14)22-16-7-3-5-9-18(16)23(26)19-10-6-4-8-17(19)22/h1,3-13,15,22H/t15-/m0/s1. The van der Waals surface area contributed by atoms with E-state index in [1.165, 1.54) is 0 Å². The van der Waals surface area contributed by atoms with Crippen molar-refractivity contribution in [3.63, 3.8) is 0 Å². The average molecular weight is 377 g/mol. The Hall–Kier alpha value is -2.53. The fourth-order valence-corrected chi connectivity index (χ4v) is 4.02. The number of hydrogen-bond donors (Lipinski definition) is 0. The molecule has 1 nitrogen and oxygen atoms in total. The predicted molar refractivity (Wildman–Crippen MR) is 106 cm³/mol. The highest BCUT2D eigenvalue weighted by Gasteiger charge is 2.35. The molecule has 0 amide bonds. The number of halogens is 2. The molecule has 3 heteroatoms. The Morgan fingerprint density at radius 2 is 1.42 bits per heavy atom. The summed E-state index contributed by atoms with van der Waals surface area (Å²) in [4.78, 5) is 12.9. The number of benzene rings is 3. The minimum atomic E-state index is -0.264. The van der Waals surface area contributed by atoms with Gasteiger partial charge in [-0.15, -0.1) is 6.42 Å². The number of carbonyl (C=O) groups is 1. The van der Waals surface area contributed by atoms with E-state index in [4.69, 9.17) is 29.6 Å². The average Bonchev–Trinajstić information content (AvgIpc) is 2.67. The Balaban J connectivity index is 1.95. The molecule has 26 heavy (non-hydrogen) atoms. The summed E-state index contributed by atoms with van der Waals surface area (Å²) in [5.41, 5.74) is 4.22. The van der Waals surface area contributed by atoms with Crippen LogP contribution in [0.2, 0.25) is 10.0 Å². The van der Waals surface area contributed by atoms with Gasteiger partial charge in [0.2, 0.25) is 0 Å². The van der Waals surface area contributed by atoms with Crippen LogP contribution in [0.25, 0.3) is 0 Å². The Kier molecular flexibility index (Phi) is 4.32. The molecule has 1 aliphatic carbocycles. The van der Waals surface area contributed by atoms with E-state index in [0.717, 1.165) is 16.7 Å². The zero-order chi connectivity index (χ0) is 18.3. The van der Waals surface area contributed by atoms with E-state index in [-0.39, 0.29) is 17.6 Å². The second-order valence-electron chi connectivity index (χ2n) is 6.30. The van der Waals surface area contributed by atoms with Crippen molar-refractivity contribution in [2.45, 2.75) is 11.8 Å². The summed E-state index contributed by atoms with van der Waals surface area (Å²) in [7, 11) is 0. The molecule has 0 fully saturated rings. The molecule has 0 saturated carbocycles. The molecule has 3 aromatic rings. The molecule has 0 unspecified atom stereocenters. The van der Waals surface area contributed by atoms with Gasteiger partial charge in [0.25, 0.3) is 0 Å². The fourth-order valence-electron chi connectivity index (χ4n) is 3.71. The number of fused-ring (bicyclic) bond motifs is 2. The lowest BCUT2D eigenvalue weighted by Crippen LogP contribution is -2.23. The van der Waals surface area contributed by atoms with Crippen LogP contribution in [0.4, 0.5) is 0 Å². The zero-order valence-corrected chi connectivity index (χ0v) is 15.3. The van der Waals surface area contributed by atoms with Gasteiger partial charge in [0.1, 0.15) is 0 Å². The van der Waals surface area contributed by atoms with Gasteiger partial charge in [0.05, 0.1) is 16.0 Å². The molecule has 0 N–H and O–H groups in total. The van der Waals surface area contributed by atoms with Gasteiger partial charge < -0.3 is 0 Å². The Morgan fingerprint density at radius 3 is 1.96 bits per heavy atom. The van der Waals surface area contributed by atoms with Gasteiger partial charge in [-0.25, -0.2) is 0 Å². The molecular weight excluding hydrogens is 363 g/mol. The highest BCUT2D eigenvalue weighted by Crippen LogP contribution is 2.45. The molecule has 126 valence electrons. The van der Waals surface area contributed by atoms with Gasteiger partial charge in [0.15, 0.2) is 5.78 Å². The number of hydrogen-bond acceptors (Lipinski definition) is 1. The van der Waals surface area contributed by atoms with Crippen LogP contribution in [-0.4, -0.2) is 5.78 Å². The van der Waals surface area contributed by atoms with E-state index < -0.39 is 0 Å². The first-order valence-electron chi connectivity index (χ1n) is 8.25. The van der Waals surface area contributed by atoms with Crippen LogP contribution < -0.4 is 0 Å². The third-order valence-electron chi connectivity index (χ3n) is 4.90. The predicted octanol–water partition coefficient (Wildman–Crippen LogP) is 6.09. The Bertz CT molecular complexity index is 1010. The zero-order valence-electron chi connectivity index (χ0n) is 13.7. The molecule has 0 aliphatic heterocycles. The summed E-state index contributed by atoms with van der Waals surface area (Å²) in [6, 6.07) is 20.8. The fraction of sp³-hybridized carbons (Fsp3) is 0.0870. The minimum absolute atomic E-state index is 0.0392. The minimum Gasteiger partial charge on any atom is -0.289 e. The van der Waals surface area contributed by atoms with Crippen molar-refractivity contribution in [2.24, 2.45) is 0 Å². The first-order valence-corrected chi connectivity index (χ1v) is 9.01. The van der Waals surface area contributed by atoms with Crippen molar-refractivity contribution in [3.05, 3.63) is 105 Å².